The molecule has 5 heteroatoms. The Morgan fingerprint density at radius 2 is 2.00 bits per heavy atom. The molecule has 0 spiro atoms. The van der Waals surface area contributed by atoms with Gasteiger partial charge in [-0.2, -0.15) is 0 Å². The van der Waals surface area contributed by atoms with Crippen molar-refractivity contribution in [1.29, 1.82) is 0 Å². The molecule has 1 aromatic carbocycles. The summed E-state index contributed by atoms with van der Waals surface area (Å²) in [6.45, 7) is 2.16. The van der Waals surface area contributed by atoms with E-state index in [1.54, 1.807) is 0 Å². The van der Waals surface area contributed by atoms with Crippen molar-refractivity contribution < 1.29 is 0 Å². The molecule has 0 unspecified atom stereocenters. The first-order valence-electron chi connectivity index (χ1n) is 10.1. The van der Waals surface area contributed by atoms with Gasteiger partial charge in [0.2, 0.25) is 5.95 Å². The quantitative estimate of drug-likeness (QED) is 0.724. The monoisotopic (exact) mass is 371 g/mol. The number of benzene rings is 1. The van der Waals surface area contributed by atoms with E-state index in [4.69, 9.17) is 10.7 Å². The minimum atomic E-state index is 0.167. The van der Waals surface area contributed by atoms with Gasteiger partial charge in [0.25, 0.3) is 0 Å². The van der Waals surface area contributed by atoms with Gasteiger partial charge in [-0.1, -0.05) is 37.1 Å². The molecule has 5 rings (SSSR count). The first kappa shape index (κ1) is 17.3. The highest BCUT2D eigenvalue weighted by Crippen LogP contribution is 2.35. The van der Waals surface area contributed by atoms with E-state index in [-0.39, 0.29) is 12.1 Å². The summed E-state index contributed by atoms with van der Waals surface area (Å²) in [6.07, 6.45) is 13.4. The second-order valence-electron chi connectivity index (χ2n) is 8.01. The Hall–Kier alpha value is -2.79. The number of aryl methyl sites for hydroxylation is 1. The number of pyridine rings is 1. The summed E-state index contributed by atoms with van der Waals surface area (Å²) in [6, 6.07) is 6.91. The number of nitrogens with one attached hydrogen (secondary N) is 1. The predicted molar refractivity (Wildman–Crippen MR) is 114 cm³/mol. The van der Waals surface area contributed by atoms with Gasteiger partial charge in [0.05, 0.1) is 5.52 Å². The fourth-order valence-corrected chi connectivity index (χ4v) is 4.47. The summed E-state index contributed by atoms with van der Waals surface area (Å²) in [4.78, 5) is 13.8. The second-order valence-corrected chi connectivity index (χ2v) is 8.01. The van der Waals surface area contributed by atoms with Crippen LogP contribution in [0.2, 0.25) is 0 Å². The van der Waals surface area contributed by atoms with Gasteiger partial charge in [-0.3, -0.25) is 4.98 Å². The molecule has 0 radical (unpaired) electrons. The topological polar surface area (TPSA) is 76.7 Å². The number of hydrogen-bond donors (Lipinski definition) is 2. The van der Waals surface area contributed by atoms with Crippen molar-refractivity contribution in [3.8, 4) is 0 Å². The Balaban J connectivity index is 1.52. The standard InChI is InChI=1S/C23H25N5/c1-14-5-4-6-15-9-16(10-18(14)15)19-13-25-11-17-12-26-23(28-22(17)19)27-21-8-3-2-7-20(21)24/h4-6,10-13,20-21H,2-3,7-9,24H2,1H3,(H,26,27,28)/t20-,21+/m0/s1. The molecule has 2 aliphatic carbocycles. The van der Waals surface area contributed by atoms with Crippen LogP contribution in [0, 0.1) is 6.92 Å². The number of rotatable bonds is 3. The first-order valence-corrected chi connectivity index (χ1v) is 10.1. The zero-order valence-electron chi connectivity index (χ0n) is 16.2. The summed E-state index contributed by atoms with van der Waals surface area (Å²) >= 11 is 0. The molecule has 2 aromatic heterocycles. The Bertz CT molecular complexity index is 1070. The van der Waals surface area contributed by atoms with Crippen molar-refractivity contribution in [2.24, 2.45) is 5.73 Å². The van der Waals surface area contributed by atoms with Crippen LogP contribution >= 0.6 is 0 Å². The molecule has 1 fully saturated rings. The minimum absolute atomic E-state index is 0.167. The third-order valence-corrected chi connectivity index (χ3v) is 6.08. The molecule has 3 aromatic rings. The van der Waals surface area contributed by atoms with E-state index in [9.17, 15) is 0 Å². The molecule has 0 amide bonds. The van der Waals surface area contributed by atoms with Crippen LogP contribution < -0.4 is 11.1 Å². The molecular formula is C23H25N5. The molecule has 3 N–H and O–H groups in total. The summed E-state index contributed by atoms with van der Waals surface area (Å²) in [5.41, 5.74) is 13.6. The van der Waals surface area contributed by atoms with Gasteiger partial charge in [0, 0.05) is 41.6 Å². The lowest BCUT2D eigenvalue weighted by atomic mass is 9.91. The van der Waals surface area contributed by atoms with Crippen molar-refractivity contribution in [2.45, 2.75) is 51.1 Å². The molecule has 0 aliphatic heterocycles. The SMILES string of the molecule is Cc1cccc2c1C=C(c1cncc3cnc(N[C@@H]4CCCC[C@@H]4N)nc13)C2. The lowest BCUT2D eigenvalue weighted by Crippen LogP contribution is -2.42. The van der Waals surface area contributed by atoms with Gasteiger partial charge in [-0.25, -0.2) is 9.97 Å². The molecule has 142 valence electrons. The number of allylic oxidation sites excluding steroid dienone is 1. The molecule has 2 aliphatic rings. The zero-order valence-corrected chi connectivity index (χ0v) is 16.2. The Morgan fingerprint density at radius 3 is 2.86 bits per heavy atom. The highest BCUT2D eigenvalue weighted by atomic mass is 15.1. The Kier molecular flexibility index (Phi) is 4.32. The zero-order chi connectivity index (χ0) is 19.1. The van der Waals surface area contributed by atoms with Crippen molar-refractivity contribution in [3.05, 3.63) is 59.0 Å². The van der Waals surface area contributed by atoms with E-state index >= 15 is 0 Å². The fourth-order valence-electron chi connectivity index (χ4n) is 4.47. The molecule has 2 heterocycles. The summed E-state index contributed by atoms with van der Waals surface area (Å²) in [5, 5.41) is 4.44. The van der Waals surface area contributed by atoms with E-state index in [0.717, 1.165) is 35.7 Å². The van der Waals surface area contributed by atoms with E-state index in [1.807, 2.05) is 18.6 Å². The summed E-state index contributed by atoms with van der Waals surface area (Å²) < 4.78 is 0. The van der Waals surface area contributed by atoms with Gasteiger partial charge in [-0.05, 0) is 48.4 Å². The Labute approximate surface area is 165 Å². The number of fused-ring (bicyclic) bond motifs is 2. The maximum atomic E-state index is 6.29. The molecular weight excluding hydrogens is 346 g/mol. The van der Waals surface area contributed by atoms with Crippen LogP contribution in [0.1, 0.15) is 47.9 Å². The van der Waals surface area contributed by atoms with Gasteiger partial charge >= 0.3 is 0 Å². The number of hydrogen-bond acceptors (Lipinski definition) is 5. The van der Waals surface area contributed by atoms with Crippen LogP contribution in [0.3, 0.4) is 0 Å². The molecule has 0 bridgehead atoms. The molecule has 0 saturated heterocycles. The third-order valence-electron chi connectivity index (χ3n) is 6.08. The second kappa shape index (κ2) is 6.99. The maximum Gasteiger partial charge on any atom is 0.223 e. The number of anilines is 1. The van der Waals surface area contributed by atoms with Crippen LogP contribution in [0.5, 0.6) is 0 Å². The molecule has 2 atom stereocenters. The lowest BCUT2D eigenvalue weighted by molar-refractivity contribution is 0.402. The van der Waals surface area contributed by atoms with Crippen LogP contribution in [-0.2, 0) is 6.42 Å². The Morgan fingerprint density at radius 1 is 1.11 bits per heavy atom. The summed E-state index contributed by atoms with van der Waals surface area (Å²) in [5.74, 6) is 0.662. The number of nitrogens with zero attached hydrogens (tertiary/aromatic N) is 3. The van der Waals surface area contributed by atoms with Crippen LogP contribution in [0.4, 0.5) is 5.95 Å². The maximum absolute atomic E-state index is 6.29. The highest BCUT2D eigenvalue weighted by molar-refractivity contribution is 5.98. The number of nitrogens with two attached hydrogens (primary N) is 1. The van der Waals surface area contributed by atoms with Gasteiger partial charge < -0.3 is 11.1 Å². The van der Waals surface area contributed by atoms with E-state index in [1.165, 1.54) is 35.1 Å². The minimum Gasteiger partial charge on any atom is -0.350 e. The van der Waals surface area contributed by atoms with Crippen molar-refractivity contribution in [3.63, 3.8) is 0 Å². The van der Waals surface area contributed by atoms with E-state index in [0.29, 0.717) is 5.95 Å². The summed E-state index contributed by atoms with van der Waals surface area (Å²) in [7, 11) is 0. The van der Waals surface area contributed by atoms with Crippen LogP contribution in [0.25, 0.3) is 22.6 Å². The molecule has 1 saturated carbocycles. The third kappa shape index (κ3) is 3.06. The van der Waals surface area contributed by atoms with Gasteiger partial charge in [-0.15, -0.1) is 0 Å². The number of aromatic nitrogens is 3. The van der Waals surface area contributed by atoms with Gasteiger partial charge in [0.15, 0.2) is 0 Å². The first-order chi connectivity index (χ1) is 13.7. The molecule has 28 heavy (non-hydrogen) atoms. The lowest BCUT2D eigenvalue weighted by Gasteiger charge is -2.29. The average molecular weight is 371 g/mol. The van der Waals surface area contributed by atoms with Crippen LogP contribution in [0.15, 0.2) is 36.8 Å². The van der Waals surface area contributed by atoms with E-state index < -0.39 is 0 Å². The van der Waals surface area contributed by atoms with Crippen LogP contribution in [-0.4, -0.2) is 27.0 Å². The largest absolute Gasteiger partial charge is 0.350 e. The predicted octanol–water partition coefficient (Wildman–Crippen LogP) is 4.11. The molecule has 5 nitrogen and oxygen atoms in total. The average Bonchev–Trinajstić information content (AvgIpc) is 3.15. The normalized spacial score (nSPS) is 21.4. The van der Waals surface area contributed by atoms with Crippen molar-refractivity contribution in [1.82, 2.24) is 15.0 Å². The highest BCUT2D eigenvalue weighted by Gasteiger charge is 2.23. The van der Waals surface area contributed by atoms with E-state index in [2.05, 4.69) is 46.5 Å². The van der Waals surface area contributed by atoms with Crippen molar-refractivity contribution in [2.75, 3.05) is 5.32 Å². The van der Waals surface area contributed by atoms with Gasteiger partial charge in [0.1, 0.15) is 0 Å². The fraction of sp³-hybridized carbons (Fsp3) is 0.348. The smallest absolute Gasteiger partial charge is 0.223 e. The van der Waals surface area contributed by atoms with Crippen molar-refractivity contribution >= 4 is 28.5 Å².